The van der Waals surface area contributed by atoms with Gasteiger partial charge < -0.3 is 9.47 Å². The van der Waals surface area contributed by atoms with Gasteiger partial charge in [0.05, 0.1) is 29.9 Å². The van der Waals surface area contributed by atoms with E-state index in [1.807, 2.05) is 35.7 Å². The normalized spacial score (nSPS) is 11.1. The Balaban J connectivity index is 1.95. The number of nitrogens with zero attached hydrogens (tertiary/aromatic N) is 3. The molecule has 0 saturated carbocycles. The quantitative estimate of drug-likeness (QED) is 0.155. The molecule has 2 aromatic carbocycles. The van der Waals surface area contributed by atoms with Crippen LogP contribution >= 0.6 is 11.3 Å². The summed E-state index contributed by atoms with van der Waals surface area (Å²) in [4.78, 5) is 15.7. The molecule has 0 amide bonds. The Morgan fingerprint density at radius 3 is 2.72 bits per heavy atom. The van der Waals surface area contributed by atoms with Gasteiger partial charge in [-0.15, -0.1) is 11.3 Å². The summed E-state index contributed by atoms with van der Waals surface area (Å²) < 4.78 is 11.0. The van der Waals surface area contributed by atoms with Gasteiger partial charge in [-0.25, -0.2) is 4.98 Å². The van der Waals surface area contributed by atoms with Crippen LogP contribution in [0.3, 0.4) is 0 Å². The lowest BCUT2D eigenvalue weighted by atomic mass is 10.1. The van der Waals surface area contributed by atoms with E-state index in [0.29, 0.717) is 22.8 Å². The Labute approximate surface area is 190 Å². The Morgan fingerprint density at radius 1 is 1.28 bits per heavy atom. The molecule has 1 heterocycles. The highest BCUT2D eigenvalue weighted by atomic mass is 32.1. The molecule has 0 bridgehead atoms. The minimum Gasteiger partial charge on any atom is -0.493 e. The van der Waals surface area contributed by atoms with Crippen LogP contribution in [0.25, 0.3) is 22.9 Å². The van der Waals surface area contributed by atoms with E-state index < -0.39 is 4.92 Å². The highest BCUT2D eigenvalue weighted by Crippen LogP contribution is 2.39. The Kier molecular flexibility index (Phi) is 7.95. The highest BCUT2D eigenvalue weighted by Gasteiger charge is 2.22. The van der Waals surface area contributed by atoms with Crippen LogP contribution in [0.5, 0.6) is 11.5 Å². The van der Waals surface area contributed by atoms with Crippen LogP contribution < -0.4 is 9.47 Å². The number of methoxy groups -OCH3 is 1. The number of hydrogen-bond donors (Lipinski definition) is 0. The summed E-state index contributed by atoms with van der Waals surface area (Å²) in [5.74, 6) is 0.355. The molecule has 3 rings (SSSR count). The van der Waals surface area contributed by atoms with Gasteiger partial charge in [-0.3, -0.25) is 10.1 Å². The third-order valence-corrected chi connectivity index (χ3v) is 5.58. The van der Waals surface area contributed by atoms with Crippen LogP contribution in [0, 0.1) is 21.4 Å². The van der Waals surface area contributed by atoms with Crippen molar-refractivity contribution in [1.82, 2.24) is 4.98 Å². The minimum absolute atomic E-state index is 0.102. The molecule has 0 fully saturated rings. The molecule has 164 valence electrons. The average molecular weight is 450 g/mol. The average Bonchev–Trinajstić information content (AvgIpc) is 3.31. The van der Waals surface area contributed by atoms with Crippen molar-refractivity contribution in [2.24, 2.45) is 0 Å². The summed E-state index contributed by atoms with van der Waals surface area (Å²) in [6.45, 7) is 2.44. The summed E-state index contributed by atoms with van der Waals surface area (Å²) in [6.07, 6.45) is 4.36. The molecule has 32 heavy (non-hydrogen) atoms. The maximum Gasteiger partial charge on any atom is 0.315 e. The maximum absolute atomic E-state index is 11.7. The minimum atomic E-state index is -0.502. The summed E-state index contributed by atoms with van der Waals surface area (Å²) in [6, 6.07) is 14.8. The topological polar surface area (TPSA) is 98.3 Å². The predicted octanol–water partition coefficient (Wildman–Crippen LogP) is 6.36. The third-order valence-electron chi connectivity index (χ3n) is 4.70. The first-order valence-corrected chi connectivity index (χ1v) is 11.1. The van der Waals surface area contributed by atoms with E-state index >= 15 is 0 Å². The smallest absolute Gasteiger partial charge is 0.315 e. The highest BCUT2D eigenvalue weighted by molar-refractivity contribution is 7.11. The summed E-state index contributed by atoms with van der Waals surface area (Å²) >= 11 is 1.34. The van der Waals surface area contributed by atoms with Gasteiger partial charge in [0.2, 0.25) is 5.75 Å². The number of allylic oxidation sites excluding steroid dienone is 1. The van der Waals surface area contributed by atoms with Gasteiger partial charge in [0.25, 0.3) is 0 Å². The van der Waals surface area contributed by atoms with Gasteiger partial charge in [-0.2, -0.15) is 5.26 Å². The number of benzene rings is 2. The molecule has 1 aromatic heterocycles. The van der Waals surface area contributed by atoms with E-state index in [2.05, 4.69) is 18.0 Å². The van der Waals surface area contributed by atoms with Crippen molar-refractivity contribution >= 4 is 28.7 Å². The number of nitro benzene ring substituents is 1. The summed E-state index contributed by atoms with van der Waals surface area (Å²) in [5, 5.41) is 23.8. The van der Waals surface area contributed by atoms with Crippen LogP contribution in [0.1, 0.15) is 36.8 Å². The van der Waals surface area contributed by atoms with Crippen molar-refractivity contribution < 1.29 is 14.4 Å². The van der Waals surface area contributed by atoms with E-state index in [1.165, 1.54) is 24.5 Å². The largest absolute Gasteiger partial charge is 0.493 e. The monoisotopic (exact) mass is 449 g/mol. The van der Waals surface area contributed by atoms with Crippen molar-refractivity contribution in [1.29, 1.82) is 5.26 Å². The van der Waals surface area contributed by atoms with Crippen LogP contribution in [0.15, 0.2) is 47.8 Å². The first kappa shape index (κ1) is 23.0. The van der Waals surface area contributed by atoms with Gasteiger partial charge in [0, 0.05) is 17.0 Å². The number of unbranched alkanes of at least 4 members (excludes halogenated alkanes) is 2. The summed E-state index contributed by atoms with van der Waals surface area (Å²) in [7, 11) is 1.43. The van der Waals surface area contributed by atoms with Crippen molar-refractivity contribution in [3.05, 3.63) is 68.5 Å². The lowest BCUT2D eigenvalue weighted by molar-refractivity contribution is -0.386. The molecular weight excluding hydrogens is 426 g/mol. The lowest BCUT2D eigenvalue weighted by Gasteiger charge is -2.12. The van der Waals surface area contributed by atoms with Crippen molar-refractivity contribution in [3.8, 4) is 28.8 Å². The first-order chi connectivity index (χ1) is 15.6. The van der Waals surface area contributed by atoms with Gasteiger partial charge in [0.1, 0.15) is 11.1 Å². The van der Waals surface area contributed by atoms with Gasteiger partial charge >= 0.3 is 5.69 Å². The third kappa shape index (κ3) is 5.50. The predicted molar refractivity (Wildman–Crippen MR) is 126 cm³/mol. The van der Waals surface area contributed by atoms with Crippen LogP contribution in [-0.2, 0) is 0 Å². The Bertz CT molecular complexity index is 1150. The number of thiazole rings is 1. The molecular formula is C24H23N3O4S. The fourth-order valence-electron chi connectivity index (χ4n) is 3.10. The maximum atomic E-state index is 11.7. The number of ether oxygens (including phenoxy) is 2. The van der Waals surface area contributed by atoms with Gasteiger partial charge in [0.15, 0.2) is 5.75 Å². The van der Waals surface area contributed by atoms with E-state index in [1.54, 1.807) is 12.1 Å². The lowest BCUT2D eigenvalue weighted by Crippen LogP contribution is -2.03. The zero-order valence-electron chi connectivity index (χ0n) is 17.9. The zero-order valence-corrected chi connectivity index (χ0v) is 18.7. The second-order valence-corrected chi connectivity index (χ2v) is 7.82. The van der Waals surface area contributed by atoms with E-state index in [4.69, 9.17) is 9.47 Å². The first-order valence-electron chi connectivity index (χ1n) is 10.2. The Hall–Kier alpha value is -3.70. The molecule has 0 radical (unpaired) electrons. The summed E-state index contributed by atoms with van der Waals surface area (Å²) in [5.41, 5.74) is 2.29. The second kappa shape index (κ2) is 11.1. The van der Waals surface area contributed by atoms with E-state index in [-0.39, 0.29) is 17.2 Å². The van der Waals surface area contributed by atoms with Crippen LogP contribution in [0.4, 0.5) is 5.69 Å². The molecule has 0 N–H and O–H groups in total. The standard InChI is InChI=1S/C24H23N3O4S/c1-3-4-8-11-31-23-21(27(28)29)13-17(14-22(23)30-2)12-19(15-25)24-26-20(16-32-24)18-9-6-5-7-10-18/h5-7,9-10,12-14,16H,3-4,8,11H2,1-2H3/b19-12-. The molecule has 0 aliphatic carbocycles. The Morgan fingerprint density at radius 2 is 2.06 bits per heavy atom. The molecule has 0 unspecified atom stereocenters. The molecule has 7 nitrogen and oxygen atoms in total. The number of nitro groups is 1. The van der Waals surface area contributed by atoms with Crippen LogP contribution in [0.2, 0.25) is 0 Å². The number of nitriles is 1. The number of aromatic nitrogens is 1. The van der Waals surface area contributed by atoms with E-state index in [9.17, 15) is 15.4 Å². The van der Waals surface area contributed by atoms with Crippen molar-refractivity contribution in [2.45, 2.75) is 26.2 Å². The fraction of sp³-hybridized carbons (Fsp3) is 0.250. The van der Waals surface area contributed by atoms with E-state index in [0.717, 1.165) is 30.5 Å². The molecule has 3 aromatic rings. The SMILES string of the molecule is CCCCCOc1c(OC)cc(/C=C(/C#N)c2nc(-c3ccccc3)cs2)cc1[N+](=O)[O-]. The van der Waals surface area contributed by atoms with Crippen molar-refractivity contribution in [2.75, 3.05) is 13.7 Å². The molecule has 0 saturated heterocycles. The van der Waals surface area contributed by atoms with Crippen molar-refractivity contribution in [3.63, 3.8) is 0 Å². The van der Waals surface area contributed by atoms with Gasteiger partial charge in [-0.1, -0.05) is 50.1 Å². The van der Waals surface area contributed by atoms with Gasteiger partial charge in [-0.05, 0) is 24.1 Å². The van der Waals surface area contributed by atoms with Crippen LogP contribution in [-0.4, -0.2) is 23.6 Å². The number of rotatable bonds is 10. The second-order valence-electron chi connectivity index (χ2n) is 6.96. The molecule has 0 atom stereocenters. The number of hydrogen-bond acceptors (Lipinski definition) is 7. The zero-order chi connectivity index (χ0) is 22.9. The molecule has 0 aliphatic heterocycles. The molecule has 0 aliphatic rings. The molecule has 0 spiro atoms. The molecule has 8 heteroatoms. The fourth-order valence-corrected chi connectivity index (χ4v) is 3.89.